The number of nitriles is 1. The lowest BCUT2D eigenvalue weighted by Gasteiger charge is -2.19. The first-order chi connectivity index (χ1) is 9.17. The monoisotopic (exact) mass is 260 g/mol. The van der Waals surface area contributed by atoms with Gasteiger partial charge in [-0.3, -0.25) is 9.69 Å². The maximum Gasteiger partial charge on any atom is 0.176 e. The second kappa shape index (κ2) is 8.41. The zero-order valence-corrected chi connectivity index (χ0v) is 11.6. The second-order valence-electron chi connectivity index (χ2n) is 4.47. The van der Waals surface area contributed by atoms with Gasteiger partial charge in [0, 0.05) is 32.2 Å². The number of carbonyl (C=O) groups excluding carboxylic acids is 1. The van der Waals surface area contributed by atoms with Crippen LogP contribution in [0.4, 0.5) is 0 Å². The minimum atomic E-state index is 0.0812. The molecule has 0 aromatic heterocycles. The van der Waals surface area contributed by atoms with E-state index in [1.165, 1.54) is 0 Å². The quantitative estimate of drug-likeness (QED) is 0.671. The van der Waals surface area contributed by atoms with Gasteiger partial charge in [0.2, 0.25) is 0 Å². The molecule has 0 fully saturated rings. The second-order valence-corrected chi connectivity index (χ2v) is 4.47. The predicted octanol–water partition coefficient (Wildman–Crippen LogP) is 2.04. The summed E-state index contributed by atoms with van der Waals surface area (Å²) in [6.45, 7) is 4.11. The molecular formula is C15H20N2O2. The molecule has 0 spiro atoms. The number of hydrogen-bond acceptors (Lipinski definition) is 4. The summed E-state index contributed by atoms with van der Waals surface area (Å²) in [5.41, 5.74) is 1.80. The summed E-state index contributed by atoms with van der Waals surface area (Å²) in [5.74, 6) is 0.0812. The van der Waals surface area contributed by atoms with Crippen LogP contribution in [0.5, 0.6) is 0 Å². The Morgan fingerprint density at radius 2 is 2.21 bits per heavy atom. The van der Waals surface area contributed by atoms with E-state index in [-0.39, 0.29) is 5.78 Å². The number of ether oxygens (including phenoxy) is 1. The Morgan fingerprint density at radius 3 is 2.84 bits per heavy atom. The maximum absolute atomic E-state index is 12.2. The summed E-state index contributed by atoms with van der Waals surface area (Å²) in [7, 11) is 1.63. The first-order valence-corrected chi connectivity index (χ1v) is 6.35. The van der Waals surface area contributed by atoms with Crippen LogP contribution in [0.25, 0.3) is 0 Å². The van der Waals surface area contributed by atoms with Crippen molar-refractivity contribution in [3.05, 3.63) is 35.4 Å². The number of nitrogens with zero attached hydrogens (tertiary/aromatic N) is 2. The van der Waals surface area contributed by atoms with Crippen molar-refractivity contribution in [1.29, 1.82) is 5.26 Å². The first-order valence-electron chi connectivity index (χ1n) is 6.35. The van der Waals surface area contributed by atoms with Crippen LogP contribution in [-0.4, -0.2) is 44.0 Å². The van der Waals surface area contributed by atoms with Crippen LogP contribution < -0.4 is 0 Å². The van der Waals surface area contributed by atoms with Crippen LogP contribution >= 0.6 is 0 Å². The molecule has 0 aliphatic heterocycles. The Labute approximate surface area is 114 Å². The number of hydrogen-bond donors (Lipinski definition) is 0. The standard InChI is InChI=1S/C15H20N2O2/c1-13-5-3-6-14(11-13)15(18)12-17(8-4-7-16)9-10-19-2/h3,5-6,11H,4,8-10,12H2,1-2H3. The Balaban J connectivity index is 2.61. The lowest BCUT2D eigenvalue weighted by molar-refractivity contribution is 0.0898. The number of ketones is 1. The van der Waals surface area contributed by atoms with Crippen LogP contribution in [0.15, 0.2) is 24.3 Å². The minimum absolute atomic E-state index is 0.0812. The van der Waals surface area contributed by atoms with Gasteiger partial charge in [-0.2, -0.15) is 5.26 Å². The third-order valence-corrected chi connectivity index (χ3v) is 2.86. The minimum Gasteiger partial charge on any atom is -0.383 e. The van der Waals surface area contributed by atoms with E-state index in [4.69, 9.17) is 10.00 Å². The van der Waals surface area contributed by atoms with Crippen molar-refractivity contribution in [3.8, 4) is 6.07 Å². The van der Waals surface area contributed by atoms with Crippen molar-refractivity contribution in [2.75, 3.05) is 33.4 Å². The van der Waals surface area contributed by atoms with E-state index in [1.807, 2.05) is 36.1 Å². The van der Waals surface area contributed by atoms with Gasteiger partial charge in [0.05, 0.1) is 19.2 Å². The average molecular weight is 260 g/mol. The molecule has 1 aromatic carbocycles. The fourth-order valence-electron chi connectivity index (χ4n) is 1.81. The van der Waals surface area contributed by atoms with Crippen molar-refractivity contribution < 1.29 is 9.53 Å². The molecule has 1 rings (SSSR count). The Hall–Kier alpha value is -1.70. The molecule has 19 heavy (non-hydrogen) atoms. The number of Topliss-reactive ketones (excluding diaryl/α,β-unsaturated/α-hetero) is 1. The molecule has 0 radical (unpaired) electrons. The summed E-state index contributed by atoms with van der Waals surface area (Å²) in [6.07, 6.45) is 0.421. The smallest absolute Gasteiger partial charge is 0.176 e. The van der Waals surface area contributed by atoms with Gasteiger partial charge in [0.1, 0.15) is 0 Å². The zero-order chi connectivity index (χ0) is 14.1. The number of rotatable bonds is 8. The normalized spacial score (nSPS) is 10.4. The Morgan fingerprint density at radius 1 is 1.42 bits per heavy atom. The predicted molar refractivity (Wildman–Crippen MR) is 74.1 cm³/mol. The third kappa shape index (κ3) is 5.64. The molecule has 0 heterocycles. The Kier molecular flexibility index (Phi) is 6.80. The van der Waals surface area contributed by atoms with Crippen LogP contribution in [0.3, 0.4) is 0 Å². The fourth-order valence-corrected chi connectivity index (χ4v) is 1.81. The topological polar surface area (TPSA) is 53.3 Å². The van der Waals surface area contributed by atoms with Crippen LogP contribution in [0.1, 0.15) is 22.3 Å². The number of methoxy groups -OCH3 is 1. The van der Waals surface area contributed by atoms with Crippen LogP contribution in [0, 0.1) is 18.3 Å². The highest BCUT2D eigenvalue weighted by Gasteiger charge is 2.12. The first kappa shape index (κ1) is 15.4. The summed E-state index contributed by atoms with van der Waals surface area (Å²) in [6, 6.07) is 9.67. The molecule has 0 N–H and O–H groups in total. The van der Waals surface area contributed by atoms with Gasteiger partial charge < -0.3 is 4.74 Å². The van der Waals surface area contributed by atoms with Gasteiger partial charge in [-0.25, -0.2) is 0 Å². The molecule has 0 saturated heterocycles. The van der Waals surface area contributed by atoms with Crippen molar-refractivity contribution in [1.82, 2.24) is 4.90 Å². The van der Waals surface area contributed by atoms with E-state index in [0.29, 0.717) is 32.7 Å². The molecule has 0 saturated carbocycles. The van der Waals surface area contributed by atoms with E-state index in [0.717, 1.165) is 11.1 Å². The highest BCUT2D eigenvalue weighted by atomic mass is 16.5. The highest BCUT2D eigenvalue weighted by molar-refractivity contribution is 5.97. The van der Waals surface area contributed by atoms with Crippen molar-refractivity contribution >= 4 is 5.78 Å². The Bertz CT molecular complexity index is 452. The highest BCUT2D eigenvalue weighted by Crippen LogP contribution is 2.06. The molecule has 0 amide bonds. The van der Waals surface area contributed by atoms with Gasteiger partial charge in [0.25, 0.3) is 0 Å². The molecule has 4 nitrogen and oxygen atoms in total. The molecule has 0 bridgehead atoms. The maximum atomic E-state index is 12.2. The van der Waals surface area contributed by atoms with E-state index in [2.05, 4.69) is 6.07 Å². The summed E-state index contributed by atoms with van der Waals surface area (Å²) >= 11 is 0. The summed E-state index contributed by atoms with van der Waals surface area (Å²) < 4.78 is 5.02. The van der Waals surface area contributed by atoms with E-state index in [1.54, 1.807) is 7.11 Å². The number of benzene rings is 1. The average Bonchev–Trinajstić information content (AvgIpc) is 2.41. The van der Waals surface area contributed by atoms with Crippen molar-refractivity contribution in [2.45, 2.75) is 13.3 Å². The molecule has 0 atom stereocenters. The van der Waals surface area contributed by atoms with Crippen LogP contribution in [0.2, 0.25) is 0 Å². The van der Waals surface area contributed by atoms with Crippen LogP contribution in [-0.2, 0) is 4.74 Å². The lowest BCUT2D eigenvalue weighted by Crippen LogP contribution is -2.33. The molecule has 1 aromatic rings. The van der Waals surface area contributed by atoms with E-state index >= 15 is 0 Å². The summed E-state index contributed by atoms with van der Waals surface area (Å²) in [4.78, 5) is 14.1. The lowest BCUT2D eigenvalue weighted by atomic mass is 10.1. The fraction of sp³-hybridized carbons (Fsp3) is 0.467. The molecule has 0 aliphatic carbocycles. The van der Waals surface area contributed by atoms with E-state index < -0.39 is 0 Å². The van der Waals surface area contributed by atoms with Crippen molar-refractivity contribution in [2.24, 2.45) is 0 Å². The summed E-state index contributed by atoms with van der Waals surface area (Å²) in [5, 5.41) is 8.64. The molecule has 102 valence electrons. The number of carbonyl (C=O) groups is 1. The van der Waals surface area contributed by atoms with Crippen molar-refractivity contribution in [3.63, 3.8) is 0 Å². The molecule has 0 aliphatic rings. The van der Waals surface area contributed by atoms with Gasteiger partial charge in [-0.05, 0) is 13.0 Å². The third-order valence-electron chi connectivity index (χ3n) is 2.86. The van der Waals surface area contributed by atoms with Gasteiger partial charge in [-0.15, -0.1) is 0 Å². The SMILES string of the molecule is COCCN(CCC#N)CC(=O)c1cccc(C)c1. The number of aryl methyl sites for hydroxylation is 1. The van der Waals surface area contributed by atoms with Gasteiger partial charge in [-0.1, -0.05) is 23.8 Å². The molecular weight excluding hydrogens is 240 g/mol. The van der Waals surface area contributed by atoms with Gasteiger partial charge in [0.15, 0.2) is 5.78 Å². The zero-order valence-electron chi connectivity index (χ0n) is 11.6. The largest absolute Gasteiger partial charge is 0.383 e. The van der Waals surface area contributed by atoms with E-state index in [9.17, 15) is 4.79 Å². The molecule has 0 unspecified atom stereocenters. The van der Waals surface area contributed by atoms with Gasteiger partial charge >= 0.3 is 0 Å². The molecule has 4 heteroatoms.